The Bertz CT molecular complexity index is 3250. The summed E-state index contributed by atoms with van der Waals surface area (Å²) < 4.78 is 0. The molecule has 0 aliphatic rings. The lowest BCUT2D eigenvalue weighted by Crippen LogP contribution is -1.97. The van der Waals surface area contributed by atoms with Crippen molar-refractivity contribution in [2.75, 3.05) is 0 Å². The SMILES string of the molecule is c1cncc(-c2ccc(-n3nc4ccc(-c5ccc6c(-c7ccc8ccccc8c7)c7ccccc7c(-c7ccc8ccccc8c7)c6c5)cc4n3)cc2)c1. The molecule has 0 aliphatic carbocycles. The highest BCUT2D eigenvalue weighted by Gasteiger charge is 2.19. The highest BCUT2D eigenvalue weighted by atomic mass is 15.5. The van der Waals surface area contributed by atoms with Gasteiger partial charge in [-0.1, -0.05) is 133 Å². The van der Waals surface area contributed by atoms with E-state index in [-0.39, 0.29) is 0 Å². The van der Waals surface area contributed by atoms with Crippen LogP contribution in [0.4, 0.5) is 0 Å². The number of nitrogens with zero attached hydrogens (tertiary/aromatic N) is 4. The van der Waals surface area contributed by atoms with Gasteiger partial charge in [0.15, 0.2) is 0 Å². The van der Waals surface area contributed by atoms with Crippen molar-refractivity contribution < 1.29 is 0 Å². The minimum Gasteiger partial charge on any atom is -0.264 e. The van der Waals surface area contributed by atoms with E-state index >= 15 is 0 Å². The van der Waals surface area contributed by atoms with Gasteiger partial charge in [0.05, 0.1) is 5.69 Å². The lowest BCUT2D eigenvalue weighted by Gasteiger charge is -2.19. The summed E-state index contributed by atoms with van der Waals surface area (Å²) in [4.78, 5) is 5.99. The second-order valence-electron chi connectivity index (χ2n) is 14.2. The molecule has 55 heavy (non-hydrogen) atoms. The van der Waals surface area contributed by atoms with Crippen molar-refractivity contribution in [1.29, 1.82) is 0 Å². The van der Waals surface area contributed by atoms with Crippen molar-refractivity contribution in [3.05, 3.63) is 194 Å². The maximum absolute atomic E-state index is 4.94. The molecule has 0 aliphatic heterocycles. The molecule has 256 valence electrons. The van der Waals surface area contributed by atoms with Crippen LogP contribution in [0.5, 0.6) is 0 Å². The van der Waals surface area contributed by atoms with Crippen LogP contribution in [0.1, 0.15) is 0 Å². The van der Waals surface area contributed by atoms with Crippen molar-refractivity contribution in [2.24, 2.45) is 0 Å². The van der Waals surface area contributed by atoms with Gasteiger partial charge < -0.3 is 0 Å². The van der Waals surface area contributed by atoms with Crippen molar-refractivity contribution in [1.82, 2.24) is 20.0 Å². The quantitative estimate of drug-likeness (QED) is 0.168. The zero-order chi connectivity index (χ0) is 36.3. The molecule has 11 aromatic rings. The molecular formula is C51H32N4. The van der Waals surface area contributed by atoms with Crippen LogP contribution in [0.25, 0.3) is 104 Å². The summed E-state index contributed by atoms with van der Waals surface area (Å²) in [5, 5.41) is 19.6. The Morgan fingerprint density at radius 1 is 0.327 bits per heavy atom. The van der Waals surface area contributed by atoms with E-state index in [1.54, 1.807) is 11.0 Å². The average Bonchev–Trinajstić information content (AvgIpc) is 3.69. The van der Waals surface area contributed by atoms with E-state index in [1.807, 2.05) is 12.3 Å². The van der Waals surface area contributed by atoms with E-state index in [2.05, 4.69) is 181 Å². The first-order valence-electron chi connectivity index (χ1n) is 18.6. The number of benzene rings is 9. The van der Waals surface area contributed by atoms with Crippen LogP contribution in [0, 0.1) is 0 Å². The van der Waals surface area contributed by atoms with Crippen molar-refractivity contribution in [2.45, 2.75) is 0 Å². The van der Waals surface area contributed by atoms with Gasteiger partial charge in [-0.3, -0.25) is 4.98 Å². The van der Waals surface area contributed by atoms with Crippen LogP contribution in [0.2, 0.25) is 0 Å². The van der Waals surface area contributed by atoms with Gasteiger partial charge in [0.25, 0.3) is 0 Å². The topological polar surface area (TPSA) is 43.6 Å². The maximum Gasteiger partial charge on any atom is 0.114 e. The minimum absolute atomic E-state index is 0.846. The predicted octanol–water partition coefficient (Wildman–Crippen LogP) is 13.1. The molecule has 11 rings (SSSR count). The molecule has 2 heterocycles. The van der Waals surface area contributed by atoms with E-state index in [1.165, 1.54) is 65.3 Å². The fourth-order valence-electron chi connectivity index (χ4n) is 8.20. The van der Waals surface area contributed by atoms with Crippen LogP contribution in [0.3, 0.4) is 0 Å². The molecule has 0 saturated carbocycles. The minimum atomic E-state index is 0.846. The summed E-state index contributed by atoms with van der Waals surface area (Å²) in [6, 6.07) is 65.5. The third-order valence-corrected chi connectivity index (χ3v) is 10.9. The molecule has 4 nitrogen and oxygen atoms in total. The van der Waals surface area contributed by atoms with E-state index < -0.39 is 0 Å². The van der Waals surface area contributed by atoms with E-state index in [9.17, 15) is 0 Å². The lowest BCUT2D eigenvalue weighted by atomic mass is 9.84. The molecule has 0 spiro atoms. The van der Waals surface area contributed by atoms with E-state index in [0.29, 0.717) is 0 Å². The van der Waals surface area contributed by atoms with Gasteiger partial charge in [0.2, 0.25) is 0 Å². The normalized spacial score (nSPS) is 11.6. The second-order valence-corrected chi connectivity index (χ2v) is 14.2. The monoisotopic (exact) mass is 700 g/mol. The maximum atomic E-state index is 4.94. The smallest absolute Gasteiger partial charge is 0.114 e. The first-order valence-corrected chi connectivity index (χ1v) is 18.6. The van der Waals surface area contributed by atoms with Crippen molar-refractivity contribution >= 4 is 54.1 Å². The third-order valence-electron chi connectivity index (χ3n) is 10.9. The van der Waals surface area contributed by atoms with Crippen LogP contribution < -0.4 is 0 Å². The summed E-state index contributed by atoms with van der Waals surface area (Å²) in [5.74, 6) is 0. The summed E-state index contributed by atoms with van der Waals surface area (Å²) in [7, 11) is 0. The number of aromatic nitrogens is 4. The Labute approximate surface area is 317 Å². The Morgan fingerprint density at radius 2 is 0.873 bits per heavy atom. The second kappa shape index (κ2) is 12.6. The molecule has 0 bridgehead atoms. The van der Waals surface area contributed by atoms with Crippen LogP contribution in [-0.4, -0.2) is 20.0 Å². The van der Waals surface area contributed by atoms with Gasteiger partial charge in [-0.15, -0.1) is 10.2 Å². The number of pyridine rings is 1. The van der Waals surface area contributed by atoms with Crippen LogP contribution in [-0.2, 0) is 0 Å². The summed E-state index contributed by atoms with van der Waals surface area (Å²) >= 11 is 0. The molecule has 4 heteroatoms. The first-order chi connectivity index (χ1) is 27.2. The molecule has 0 fully saturated rings. The van der Waals surface area contributed by atoms with Gasteiger partial charge in [-0.25, -0.2) is 0 Å². The standard InChI is InChI=1S/C51H32N4/c1-3-10-36-28-40(17-15-33(36)8-1)50-44-13-5-6-14-45(44)51(41-18-16-34-9-2-4-11-37(34)29-41)47-30-38(21-25-46(47)50)39-22-26-48-49(31-39)54-55(53-48)43-23-19-35(20-24-43)42-12-7-27-52-32-42/h1-32H. The highest BCUT2D eigenvalue weighted by molar-refractivity contribution is 6.22. The average molecular weight is 701 g/mol. The fraction of sp³-hybridized carbons (Fsp3) is 0. The molecule has 0 saturated heterocycles. The first kappa shape index (κ1) is 31.1. The van der Waals surface area contributed by atoms with Crippen LogP contribution in [0.15, 0.2) is 194 Å². The van der Waals surface area contributed by atoms with Crippen LogP contribution >= 0.6 is 0 Å². The van der Waals surface area contributed by atoms with Gasteiger partial charge in [-0.2, -0.15) is 4.80 Å². The number of fused-ring (bicyclic) bond motifs is 5. The molecule has 0 radical (unpaired) electrons. The molecule has 0 amide bonds. The number of hydrogen-bond acceptors (Lipinski definition) is 3. The summed E-state index contributed by atoms with van der Waals surface area (Å²) in [5.41, 5.74) is 11.9. The molecule has 0 unspecified atom stereocenters. The molecule has 9 aromatic carbocycles. The van der Waals surface area contributed by atoms with Crippen molar-refractivity contribution in [3.8, 4) is 50.2 Å². The number of hydrogen-bond donors (Lipinski definition) is 0. The number of rotatable bonds is 5. The Balaban J connectivity index is 1.09. The molecule has 2 aromatic heterocycles. The lowest BCUT2D eigenvalue weighted by molar-refractivity contribution is 0.766. The largest absolute Gasteiger partial charge is 0.264 e. The zero-order valence-electron chi connectivity index (χ0n) is 29.8. The van der Waals surface area contributed by atoms with Gasteiger partial charge in [0.1, 0.15) is 11.0 Å². The Kier molecular flexibility index (Phi) is 7.14. The summed E-state index contributed by atoms with van der Waals surface area (Å²) in [6.07, 6.45) is 3.67. The van der Waals surface area contributed by atoms with E-state index in [0.717, 1.165) is 39.0 Å². The molecule has 0 N–H and O–H groups in total. The summed E-state index contributed by atoms with van der Waals surface area (Å²) in [6.45, 7) is 0. The predicted molar refractivity (Wildman–Crippen MR) is 228 cm³/mol. The zero-order valence-corrected chi connectivity index (χ0v) is 29.8. The molecule has 0 atom stereocenters. The van der Waals surface area contributed by atoms with Gasteiger partial charge >= 0.3 is 0 Å². The van der Waals surface area contributed by atoms with E-state index in [4.69, 9.17) is 10.2 Å². The van der Waals surface area contributed by atoms with Gasteiger partial charge in [-0.05, 0) is 136 Å². The molecular weight excluding hydrogens is 669 g/mol. The Morgan fingerprint density at radius 3 is 1.55 bits per heavy atom. The highest BCUT2D eigenvalue weighted by Crippen LogP contribution is 2.45. The third kappa shape index (κ3) is 5.34. The van der Waals surface area contributed by atoms with Gasteiger partial charge in [0, 0.05) is 12.4 Å². The Hall–Kier alpha value is -7.43. The van der Waals surface area contributed by atoms with Crippen molar-refractivity contribution in [3.63, 3.8) is 0 Å². The fourth-order valence-corrected chi connectivity index (χ4v) is 8.20.